The molecule has 0 bridgehead atoms. The highest BCUT2D eigenvalue weighted by molar-refractivity contribution is 5.78. The van der Waals surface area contributed by atoms with Crippen molar-refractivity contribution in [2.45, 2.75) is 38.1 Å². The molecule has 2 rings (SSSR count). The van der Waals surface area contributed by atoms with Gasteiger partial charge >= 0.3 is 0 Å². The van der Waals surface area contributed by atoms with Crippen LogP contribution < -0.4 is 10.1 Å². The van der Waals surface area contributed by atoms with Gasteiger partial charge in [0.15, 0.2) is 6.61 Å². The molecule has 0 spiro atoms. The van der Waals surface area contributed by atoms with Crippen molar-refractivity contribution in [3.05, 3.63) is 29.6 Å². The molecule has 0 aliphatic heterocycles. The van der Waals surface area contributed by atoms with Crippen molar-refractivity contribution in [1.82, 2.24) is 5.32 Å². The topological polar surface area (TPSA) is 55.4 Å². The van der Waals surface area contributed by atoms with Crippen LogP contribution in [0.1, 0.15) is 42.5 Å². The van der Waals surface area contributed by atoms with E-state index in [-0.39, 0.29) is 29.9 Å². The van der Waals surface area contributed by atoms with Crippen LogP contribution in [0.25, 0.3) is 0 Å². The molecule has 1 aromatic carbocycles. The number of aldehydes is 1. The van der Waals surface area contributed by atoms with E-state index in [1.165, 1.54) is 12.5 Å². The Morgan fingerprint density at radius 3 is 2.75 bits per heavy atom. The lowest BCUT2D eigenvalue weighted by Gasteiger charge is -2.22. The Morgan fingerprint density at radius 2 is 2.05 bits per heavy atom. The summed E-state index contributed by atoms with van der Waals surface area (Å²) in [6.07, 6.45) is 6.04. The summed E-state index contributed by atoms with van der Waals surface area (Å²) >= 11 is 0. The largest absolute Gasteiger partial charge is 0.484 e. The van der Waals surface area contributed by atoms with E-state index in [2.05, 4.69) is 5.32 Å². The van der Waals surface area contributed by atoms with E-state index in [9.17, 15) is 14.0 Å². The van der Waals surface area contributed by atoms with Gasteiger partial charge in [0.2, 0.25) is 0 Å². The molecule has 0 atom stereocenters. The van der Waals surface area contributed by atoms with Crippen molar-refractivity contribution in [3.8, 4) is 5.75 Å². The van der Waals surface area contributed by atoms with Gasteiger partial charge in [-0.05, 0) is 25.0 Å². The van der Waals surface area contributed by atoms with Crippen molar-refractivity contribution in [2.75, 3.05) is 6.61 Å². The fourth-order valence-electron chi connectivity index (χ4n) is 2.40. The lowest BCUT2D eigenvalue weighted by Crippen LogP contribution is -2.38. The zero-order chi connectivity index (χ0) is 14.4. The summed E-state index contributed by atoms with van der Waals surface area (Å²) in [5.41, 5.74) is 0.188. The molecular formula is C15H18FNO3. The number of carbonyl (C=O) groups is 2. The van der Waals surface area contributed by atoms with Gasteiger partial charge in [-0.1, -0.05) is 19.3 Å². The summed E-state index contributed by atoms with van der Waals surface area (Å²) in [6, 6.07) is 3.89. The highest BCUT2D eigenvalue weighted by atomic mass is 19.1. The number of rotatable bonds is 5. The van der Waals surface area contributed by atoms with Gasteiger partial charge in [-0.15, -0.1) is 0 Å². The van der Waals surface area contributed by atoms with Crippen LogP contribution in [0.5, 0.6) is 5.75 Å². The van der Waals surface area contributed by atoms with Crippen LogP contribution in [0.15, 0.2) is 18.2 Å². The summed E-state index contributed by atoms with van der Waals surface area (Å²) in [6.45, 7) is -0.168. The maximum absolute atomic E-state index is 13.2. The van der Waals surface area contributed by atoms with E-state index >= 15 is 0 Å². The minimum absolute atomic E-state index is 0.168. The molecule has 0 aromatic heterocycles. The van der Waals surface area contributed by atoms with Crippen LogP contribution >= 0.6 is 0 Å². The number of benzene rings is 1. The third kappa shape index (κ3) is 4.33. The normalized spacial score (nSPS) is 15.7. The Morgan fingerprint density at radius 1 is 1.30 bits per heavy atom. The van der Waals surface area contributed by atoms with Gasteiger partial charge < -0.3 is 10.1 Å². The Labute approximate surface area is 117 Å². The molecule has 20 heavy (non-hydrogen) atoms. The van der Waals surface area contributed by atoms with Gasteiger partial charge in [-0.25, -0.2) is 4.39 Å². The average Bonchev–Trinajstić information content (AvgIpc) is 2.45. The predicted octanol–water partition coefficient (Wildman–Crippen LogP) is 2.47. The number of carbonyl (C=O) groups excluding carboxylic acids is 2. The molecular weight excluding hydrogens is 261 g/mol. The van der Waals surface area contributed by atoms with E-state index in [0.717, 1.165) is 37.8 Å². The first kappa shape index (κ1) is 14.5. The molecule has 1 saturated carbocycles. The van der Waals surface area contributed by atoms with Crippen LogP contribution in [-0.4, -0.2) is 24.8 Å². The van der Waals surface area contributed by atoms with Gasteiger partial charge in [0.25, 0.3) is 5.91 Å². The molecule has 0 unspecified atom stereocenters. The minimum Gasteiger partial charge on any atom is -0.484 e. The van der Waals surface area contributed by atoms with Crippen LogP contribution in [0.2, 0.25) is 0 Å². The second kappa shape index (κ2) is 7.03. The lowest BCUT2D eigenvalue weighted by molar-refractivity contribution is -0.124. The third-order valence-electron chi connectivity index (χ3n) is 3.37. The van der Waals surface area contributed by atoms with Gasteiger partial charge in [0.1, 0.15) is 17.9 Å². The highest BCUT2D eigenvalue weighted by Gasteiger charge is 2.15. The number of hydrogen-bond acceptors (Lipinski definition) is 3. The second-order valence-corrected chi connectivity index (χ2v) is 5.03. The van der Waals surface area contributed by atoms with E-state index in [1.807, 2.05) is 0 Å². The molecule has 108 valence electrons. The summed E-state index contributed by atoms with van der Waals surface area (Å²) in [4.78, 5) is 22.3. The second-order valence-electron chi connectivity index (χ2n) is 5.03. The van der Waals surface area contributed by atoms with Crippen LogP contribution in [0.4, 0.5) is 4.39 Å². The molecule has 1 aliphatic carbocycles. The maximum Gasteiger partial charge on any atom is 0.258 e. The molecule has 0 heterocycles. The summed E-state index contributed by atoms with van der Waals surface area (Å²) in [5.74, 6) is -0.586. The minimum atomic E-state index is -0.558. The average molecular weight is 279 g/mol. The van der Waals surface area contributed by atoms with Crippen LogP contribution in [-0.2, 0) is 4.79 Å². The highest BCUT2D eigenvalue weighted by Crippen LogP contribution is 2.18. The first-order chi connectivity index (χ1) is 9.67. The SMILES string of the molecule is O=Cc1cc(F)cc(OCC(=O)NC2CCCCC2)c1. The molecule has 1 N–H and O–H groups in total. The number of hydrogen-bond donors (Lipinski definition) is 1. The van der Waals surface area contributed by atoms with Gasteiger partial charge in [-0.3, -0.25) is 9.59 Å². The standard InChI is InChI=1S/C15H18FNO3/c16-12-6-11(9-18)7-14(8-12)20-10-15(19)17-13-4-2-1-3-5-13/h6-9,13H,1-5,10H2,(H,17,19). The first-order valence-corrected chi connectivity index (χ1v) is 6.85. The lowest BCUT2D eigenvalue weighted by atomic mass is 9.95. The van der Waals surface area contributed by atoms with Crippen LogP contribution in [0, 0.1) is 5.82 Å². The summed E-state index contributed by atoms with van der Waals surface area (Å²) in [5, 5.41) is 2.91. The number of ether oxygens (including phenoxy) is 1. The molecule has 4 nitrogen and oxygen atoms in total. The van der Waals surface area contributed by atoms with E-state index < -0.39 is 5.82 Å². The zero-order valence-electron chi connectivity index (χ0n) is 11.2. The Bertz CT molecular complexity index is 484. The van der Waals surface area contributed by atoms with Crippen LogP contribution in [0.3, 0.4) is 0 Å². The van der Waals surface area contributed by atoms with Crippen molar-refractivity contribution in [3.63, 3.8) is 0 Å². The fourth-order valence-corrected chi connectivity index (χ4v) is 2.40. The molecule has 5 heteroatoms. The quantitative estimate of drug-likeness (QED) is 0.842. The molecule has 1 aliphatic rings. The van der Waals surface area contributed by atoms with Gasteiger partial charge in [0, 0.05) is 17.7 Å². The maximum atomic E-state index is 13.2. The number of halogens is 1. The zero-order valence-corrected chi connectivity index (χ0v) is 11.2. The summed E-state index contributed by atoms with van der Waals surface area (Å²) < 4.78 is 18.4. The monoisotopic (exact) mass is 279 g/mol. The van der Waals surface area contributed by atoms with Gasteiger partial charge in [0.05, 0.1) is 0 Å². The Balaban J connectivity index is 1.83. The fraction of sp³-hybridized carbons (Fsp3) is 0.467. The Kier molecular flexibility index (Phi) is 5.09. The molecule has 1 amide bonds. The van der Waals surface area contributed by atoms with Crippen molar-refractivity contribution >= 4 is 12.2 Å². The summed E-state index contributed by atoms with van der Waals surface area (Å²) in [7, 11) is 0. The molecule has 1 aromatic rings. The third-order valence-corrected chi connectivity index (χ3v) is 3.37. The van der Waals surface area contributed by atoms with E-state index in [1.54, 1.807) is 0 Å². The number of amides is 1. The molecule has 0 radical (unpaired) electrons. The first-order valence-electron chi connectivity index (χ1n) is 6.85. The van der Waals surface area contributed by atoms with Gasteiger partial charge in [-0.2, -0.15) is 0 Å². The van der Waals surface area contributed by atoms with E-state index in [0.29, 0.717) is 6.29 Å². The van der Waals surface area contributed by atoms with Crippen molar-refractivity contribution in [1.29, 1.82) is 0 Å². The van der Waals surface area contributed by atoms with Crippen molar-refractivity contribution < 1.29 is 18.7 Å². The van der Waals surface area contributed by atoms with E-state index in [4.69, 9.17) is 4.74 Å². The molecule has 1 fully saturated rings. The number of nitrogens with one attached hydrogen (secondary N) is 1. The molecule has 0 saturated heterocycles. The smallest absolute Gasteiger partial charge is 0.258 e. The Hall–Kier alpha value is -1.91. The van der Waals surface area contributed by atoms with Crippen molar-refractivity contribution in [2.24, 2.45) is 0 Å². The predicted molar refractivity (Wildman–Crippen MR) is 72.3 cm³/mol.